The van der Waals surface area contributed by atoms with Crippen molar-refractivity contribution in [3.8, 4) is 11.3 Å². The van der Waals surface area contributed by atoms with E-state index in [4.69, 9.17) is 13.9 Å². The third-order valence-corrected chi connectivity index (χ3v) is 4.20. The summed E-state index contributed by atoms with van der Waals surface area (Å²) >= 11 is 3.41. The topological polar surface area (TPSA) is 61.6 Å². The molecule has 0 N–H and O–H groups in total. The van der Waals surface area contributed by atoms with Gasteiger partial charge in [0.1, 0.15) is 6.10 Å². The molecule has 3 rings (SSSR count). The lowest BCUT2D eigenvalue weighted by Crippen LogP contribution is -2.18. The van der Waals surface area contributed by atoms with Crippen LogP contribution in [0.4, 0.5) is 0 Å². The van der Waals surface area contributed by atoms with Crippen LogP contribution in [0, 0.1) is 6.92 Å². The minimum absolute atomic E-state index is 0.105. The van der Waals surface area contributed by atoms with Crippen molar-refractivity contribution >= 4 is 21.9 Å². The zero-order chi connectivity index (χ0) is 16.2. The molecule has 1 aromatic heterocycles. The van der Waals surface area contributed by atoms with E-state index in [1.165, 1.54) is 0 Å². The highest BCUT2D eigenvalue weighted by atomic mass is 79.9. The van der Waals surface area contributed by atoms with Crippen molar-refractivity contribution in [3.63, 3.8) is 0 Å². The molecule has 1 saturated heterocycles. The van der Waals surface area contributed by atoms with Crippen LogP contribution in [0.1, 0.15) is 24.4 Å². The van der Waals surface area contributed by atoms with Crippen molar-refractivity contribution in [1.29, 1.82) is 0 Å². The second-order valence-corrected chi connectivity index (χ2v) is 6.42. The number of carbonyl (C=O) groups excluding carboxylic acids is 1. The van der Waals surface area contributed by atoms with Crippen molar-refractivity contribution in [1.82, 2.24) is 4.98 Å². The first-order chi connectivity index (χ1) is 11.1. The molecule has 1 aromatic carbocycles. The minimum atomic E-state index is -0.235. The summed E-state index contributed by atoms with van der Waals surface area (Å²) in [5.74, 6) is 1.06. The lowest BCUT2D eigenvalue weighted by atomic mass is 10.1. The Labute approximate surface area is 143 Å². The summed E-state index contributed by atoms with van der Waals surface area (Å²) in [6.45, 7) is 3.06. The van der Waals surface area contributed by atoms with Crippen molar-refractivity contribution in [2.45, 2.75) is 32.3 Å². The molecule has 0 saturated carbocycles. The van der Waals surface area contributed by atoms with Gasteiger partial charge in [0.2, 0.25) is 0 Å². The van der Waals surface area contributed by atoms with Gasteiger partial charge in [-0.3, -0.25) is 4.79 Å². The van der Waals surface area contributed by atoms with Crippen LogP contribution >= 0.6 is 15.9 Å². The van der Waals surface area contributed by atoms with E-state index in [9.17, 15) is 4.79 Å². The van der Waals surface area contributed by atoms with Gasteiger partial charge in [-0.15, -0.1) is 0 Å². The van der Waals surface area contributed by atoms with Crippen LogP contribution < -0.4 is 0 Å². The molecule has 1 aliphatic rings. The molecule has 1 aliphatic heterocycles. The molecule has 23 heavy (non-hydrogen) atoms. The van der Waals surface area contributed by atoms with Crippen LogP contribution in [-0.2, 0) is 20.7 Å². The summed E-state index contributed by atoms with van der Waals surface area (Å²) in [7, 11) is 0. The average Bonchev–Trinajstić information content (AvgIpc) is 3.16. The molecule has 2 heterocycles. The monoisotopic (exact) mass is 379 g/mol. The molecule has 0 amide bonds. The predicted molar refractivity (Wildman–Crippen MR) is 88.0 cm³/mol. The van der Waals surface area contributed by atoms with E-state index in [1.807, 2.05) is 31.2 Å². The fourth-order valence-electron chi connectivity index (χ4n) is 2.49. The Kier molecular flexibility index (Phi) is 5.13. The first kappa shape index (κ1) is 16.2. The molecule has 1 atom stereocenters. The normalized spacial score (nSPS) is 17.4. The SMILES string of the molecule is Cc1nc(CCC(=O)OC2CCOC2)oc1-c1ccc(Br)cc1. The number of ether oxygens (including phenoxy) is 2. The second kappa shape index (κ2) is 7.27. The van der Waals surface area contributed by atoms with Gasteiger partial charge in [0.15, 0.2) is 11.7 Å². The smallest absolute Gasteiger partial charge is 0.306 e. The molecular formula is C17H18BrNO4. The first-order valence-electron chi connectivity index (χ1n) is 7.61. The number of aryl methyl sites for hydroxylation is 2. The van der Waals surface area contributed by atoms with Gasteiger partial charge < -0.3 is 13.9 Å². The van der Waals surface area contributed by atoms with Gasteiger partial charge in [0.05, 0.1) is 25.3 Å². The van der Waals surface area contributed by atoms with E-state index in [0.717, 1.165) is 27.9 Å². The first-order valence-corrected chi connectivity index (χ1v) is 8.40. The Balaban J connectivity index is 1.59. The van der Waals surface area contributed by atoms with Crippen LogP contribution in [0.5, 0.6) is 0 Å². The zero-order valence-corrected chi connectivity index (χ0v) is 14.5. The maximum atomic E-state index is 11.8. The summed E-state index contributed by atoms with van der Waals surface area (Å²) in [6, 6.07) is 7.85. The van der Waals surface area contributed by atoms with Crippen LogP contribution in [0.15, 0.2) is 33.2 Å². The van der Waals surface area contributed by atoms with E-state index in [-0.39, 0.29) is 18.5 Å². The maximum absolute atomic E-state index is 11.8. The van der Waals surface area contributed by atoms with Gasteiger partial charge in [0.25, 0.3) is 0 Å². The Morgan fingerprint density at radius 1 is 1.39 bits per heavy atom. The van der Waals surface area contributed by atoms with E-state index in [2.05, 4.69) is 20.9 Å². The van der Waals surface area contributed by atoms with Crippen LogP contribution in [0.25, 0.3) is 11.3 Å². The number of nitrogens with zero attached hydrogens (tertiary/aromatic N) is 1. The summed E-state index contributed by atoms with van der Waals surface area (Å²) in [5.41, 5.74) is 1.79. The maximum Gasteiger partial charge on any atom is 0.306 e. The summed E-state index contributed by atoms with van der Waals surface area (Å²) in [5, 5.41) is 0. The number of esters is 1. The molecule has 1 unspecified atom stereocenters. The fraction of sp³-hybridized carbons (Fsp3) is 0.412. The highest BCUT2D eigenvalue weighted by Crippen LogP contribution is 2.26. The Morgan fingerprint density at radius 2 is 2.17 bits per heavy atom. The molecule has 1 fully saturated rings. The van der Waals surface area contributed by atoms with E-state index in [1.54, 1.807) is 0 Å². The number of benzene rings is 1. The molecule has 0 aliphatic carbocycles. The standard InChI is InChI=1S/C17H18BrNO4/c1-11-17(12-2-4-13(18)5-3-12)23-15(19-11)6-7-16(20)22-14-8-9-21-10-14/h2-5,14H,6-10H2,1H3. The van der Waals surface area contributed by atoms with Crippen molar-refractivity contribution < 1.29 is 18.7 Å². The third kappa shape index (κ3) is 4.20. The third-order valence-electron chi connectivity index (χ3n) is 3.68. The van der Waals surface area contributed by atoms with E-state index in [0.29, 0.717) is 25.5 Å². The van der Waals surface area contributed by atoms with E-state index >= 15 is 0 Å². The van der Waals surface area contributed by atoms with Gasteiger partial charge in [-0.25, -0.2) is 4.98 Å². The van der Waals surface area contributed by atoms with Gasteiger partial charge in [0, 0.05) is 22.9 Å². The number of oxazole rings is 1. The van der Waals surface area contributed by atoms with Gasteiger partial charge in [-0.1, -0.05) is 28.1 Å². The second-order valence-electron chi connectivity index (χ2n) is 5.50. The molecule has 6 heteroatoms. The van der Waals surface area contributed by atoms with Crippen molar-refractivity contribution in [3.05, 3.63) is 40.3 Å². The van der Waals surface area contributed by atoms with Crippen LogP contribution in [-0.4, -0.2) is 30.3 Å². The number of rotatable bonds is 5. The summed E-state index contributed by atoms with van der Waals surface area (Å²) in [4.78, 5) is 16.2. The highest BCUT2D eigenvalue weighted by molar-refractivity contribution is 9.10. The molecule has 0 bridgehead atoms. The summed E-state index contributed by atoms with van der Waals surface area (Å²) < 4.78 is 17.3. The molecule has 122 valence electrons. The molecule has 0 spiro atoms. The van der Waals surface area contributed by atoms with Crippen LogP contribution in [0.3, 0.4) is 0 Å². The number of hydrogen-bond acceptors (Lipinski definition) is 5. The molecule has 2 aromatic rings. The van der Waals surface area contributed by atoms with Gasteiger partial charge in [-0.05, 0) is 19.1 Å². The number of carbonyl (C=O) groups is 1. The van der Waals surface area contributed by atoms with Gasteiger partial charge >= 0.3 is 5.97 Å². The Bertz CT molecular complexity index is 674. The van der Waals surface area contributed by atoms with Gasteiger partial charge in [-0.2, -0.15) is 0 Å². The zero-order valence-electron chi connectivity index (χ0n) is 12.9. The fourth-order valence-corrected chi connectivity index (χ4v) is 2.75. The largest absolute Gasteiger partial charge is 0.460 e. The Morgan fingerprint density at radius 3 is 2.87 bits per heavy atom. The quantitative estimate of drug-likeness (QED) is 0.741. The number of aromatic nitrogens is 1. The minimum Gasteiger partial charge on any atom is -0.460 e. The van der Waals surface area contributed by atoms with Crippen molar-refractivity contribution in [2.24, 2.45) is 0 Å². The van der Waals surface area contributed by atoms with Crippen molar-refractivity contribution in [2.75, 3.05) is 13.2 Å². The number of hydrogen-bond donors (Lipinski definition) is 0. The molecule has 0 radical (unpaired) electrons. The molecule has 5 nitrogen and oxygen atoms in total. The van der Waals surface area contributed by atoms with E-state index < -0.39 is 0 Å². The average molecular weight is 380 g/mol. The number of halogens is 1. The highest BCUT2D eigenvalue weighted by Gasteiger charge is 2.20. The lowest BCUT2D eigenvalue weighted by Gasteiger charge is -2.08. The molecular weight excluding hydrogens is 362 g/mol. The summed E-state index contributed by atoms with van der Waals surface area (Å²) in [6.07, 6.45) is 1.37. The Hall–Kier alpha value is -1.66. The lowest BCUT2D eigenvalue weighted by molar-refractivity contribution is -0.149. The predicted octanol–water partition coefficient (Wildman–Crippen LogP) is 3.68. The van der Waals surface area contributed by atoms with Crippen LogP contribution in [0.2, 0.25) is 0 Å².